The van der Waals surface area contributed by atoms with Gasteiger partial charge in [0.15, 0.2) is 0 Å². The normalized spacial score (nSPS) is 11.0. The summed E-state index contributed by atoms with van der Waals surface area (Å²) in [6.07, 6.45) is 0. The first-order valence-electron chi connectivity index (χ1n) is 5.34. The summed E-state index contributed by atoms with van der Waals surface area (Å²) in [6.45, 7) is 6.16. The number of rotatable bonds is 4. The van der Waals surface area contributed by atoms with Gasteiger partial charge in [-0.15, -0.1) is 0 Å². The molecule has 0 aliphatic carbocycles. The largest absolute Gasteiger partial charge is 0.494 e. The van der Waals surface area contributed by atoms with Crippen molar-refractivity contribution in [3.8, 4) is 5.75 Å². The second-order valence-corrected chi connectivity index (χ2v) is 4.05. The molecule has 0 heterocycles. The second-order valence-electron chi connectivity index (χ2n) is 4.05. The van der Waals surface area contributed by atoms with E-state index in [1.54, 1.807) is 0 Å². The van der Waals surface area contributed by atoms with Crippen LogP contribution in [0.3, 0.4) is 0 Å². The molecule has 0 bridgehead atoms. The third-order valence-electron chi connectivity index (χ3n) is 2.56. The lowest BCUT2D eigenvalue weighted by molar-refractivity contribution is -0.146. The van der Waals surface area contributed by atoms with E-state index in [9.17, 15) is 4.79 Å². The first-order valence-corrected chi connectivity index (χ1v) is 5.34. The van der Waals surface area contributed by atoms with Crippen molar-refractivity contribution >= 4 is 5.97 Å². The fraction of sp³-hybridized carbons (Fsp3) is 0.462. The summed E-state index contributed by atoms with van der Waals surface area (Å²) in [5.74, 6) is 0.472. The Hall–Kier alpha value is -1.51. The van der Waals surface area contributed by atoms with Crippen LogP contribution in [0.5, 0.6) is 5.75 Å². The zero-order valence-corrected chi connectivity index (χ0v) is 10.2. The number of carbonyl (C=O) groups is 1. The van der Waals surface area contributed by atoms with Crippen LogP contribution < -0.4 is 4.74 Å². The van der Waals surface area contributed by atoms with Gasteiger partial charge < -0.3 is 9.47 Å². The predicted octanol–water partition coefficient (Wildman–Crippen LogP) is 2.54. The monoisotopic (exact) mass is 222 g/mol. The topological polar surface area (TPSA) is 35.5 Å². The first kappa shape index (κ1) is 12.6. The van der Waals surface area contributed by atoms with Crippen molar-refractivity contribution in [1.82, 2.24) is 0 Å². The summed E-state index contributed by atoms with van der Waals surface area (Å²) in [7, 11) is 1.40. The molecule has 16 heavy (non-hydrogen) atoms. The van der Waals surface area contributed by atoms with Gasteiger partial charge in [0.05, 0.1) is 19.1 Å². The van der Waals surface area contributed by atoms with Crippen LogP contribution in [-0.4, -0.2) is 19.7 Å². The number of esters is 1. The van der Waals surface area contributed by atoms with Gasteiger partial charge in [0, 0.05) is 5.56 Å². The standard InChI is InChI=1S/C13H18O3/c1-5-16-11-9-7-6-8-10(11)13(2,3)12(14)15-4/h6-9H,5H2,1-4H3. The Bertz CT molecular complexity index is 369. The molecular formula is C13H18O3. The smallest absolute Gasteiger partial charge is 0.315 e. The fourth-order valence-corrected chi connectivity index (χ4v) is 1.63. The minimum atomic E-state index is -0.694. The van der Waals surface area contributed by atoms with Crippen molar-refractivity contribution in [1.29, 1.82) is 0 Å². The predicted molar refractivity (Wildman–Crippen MR) is 62.7 cm³/mol. The molecule has 0 unspecified atom stereocenters. The molecule has 0 radical (unpaired) electrons. The van der Waals surface area contributed by atoms with E-state index in [1.165, 1.54) is 7.11 Å². The molecule has 0 amide bonds. The Morgan fingerprint density at radius 1 is 1.31 bits per heavy atom. The minimum Gasteiger partial charge on any atom is -0.494 e. The Morgan fingerprint density at radius 2 is 1.94 bits per heavy atom. The molecule has 0 N–H and O–H groups in total. The number of benzene rings is 1. The van der Waals surface area contributed by atoms with Crippen LogP contribution in [-0.2, 0) is 14.9 Å². The van der Waals surface area contributed by atoms with Crippen molar-refractivity contribution in [3.63, 3.8) is 0 Å². The average Bonchev–Trinajstić information content (AvgIpc) is 2.29. The number of methoxy groups -OCH3 is 1. The maximum absolute atomic E-state index is 11.7. The van der Waals surface area contributed by atoms with Crippen LogP contribution in [0.4, 0.5) is 0 Å². The third-order valence-corrected chi connectivity index (χ3v) is 2.56. The highest BCUT2D eigenvalue weighted by molar-refractivity contribution is 5.83. The molecule has 0 aromatic heterocycles. The summed E-state index contributed by atoms with van der Waals surface area (Å²) in [6, 6.07) is 7.54. The Kier molecular flexibility index (Phi) is 3.93. The van der Waals surface area contributed by atoms with Gasteiger partial charge in [-0.3, -0.25) is 4.79 Å². The number of hydrogen-bond donors (Lipinski definition) is 0. The quantitative estimate of drug-likeness (QED) is 0.734. The molecule has 1 aromatic carbocycles. The zero-order valence-electron chi connectivity index (χ0n) is 10.2. The van der Waals surface area contributed by atoms with Gasteiger partial charge in [0.1, 0.15) is 5.75 Å². The first-order chi connectivity index (χ1) is 7.54. The molecule has 3 heteroatoms. The third kappa shape index (κ3) is 2.35. The van der Waals surface area contributed by atoms with E-state index in [1.807, 2.05) is 45.0 Å². The summed E-state index contributed by atoms with van der Waals surface area (Å²) >= 11 is 0. The molecule has 0 aliphatic heterocycles. The van der Waals surface area contributed by atoms with E-state index in [0.29, 0.717) is 6.61 Å². The number of ether oxygens (including phenoxy) is 2. The minimum absolute atomic E-state index is 0.264. The maximum atomic E-state index is 11.7. The van der Waals surface area contributed by atoms with Crippen LogP contribution in [0.15, 0.2) is 24.3 Å². The maximum Gasteiger partial charge on any atom is 0.315 e. The van der Waals surface area contributed by atoms with Crippen molar-refractivity contribution < 1.29 is 14.3 Å². The van der Waals surface area contributed by atoms with E-state index < -0.39 is 5.41 Å². The van der Waals surface area contributed by atoms with Crippen LogP contribution in [0, 0.1) is 0 Å². The molecule has 0 atom stereocenters. The van der Waals surface area contributed by atoms with Crippen molar-refractivity contribution in [2.45, 2.75) is 26.2 Å². The van der Waals surface area contributed by atoms with Crippen LogP contribution in [0.25, 0.3) is 0 Å². The molecule has 0 aliphatic rings. The van der Waals surface area contributed by atoms with Crippen LogP contribution in [0.2, 0.25) is 0 Å². The van der Waals surface area contributed by atoms with Crippen LogP contribution >= 0.6 is 0 Å². The van der Waals surface area contributed by atoms with Crippen molar-refractivity contribution in [2.75, 3.05) is 13.7 Å². The van der Waals surface area contributed by atoms with Gasteiger partial charge >= 0.3 is 5.97 Å². The Balaban J connectivity index is 3.15. The zero-order chi connectivity index (χ0) is 12.2. The van der Waals surface area contributed by atoms with Gasteiger partial charge in [0.2, 0.25) is 0 Å². The van der Waals surface area contributed by atoms with E-state index in [2.05, 4.69) is 0 Å². The molecule has 0 fully saturated rings. The summed E-state index contributed by atoms with van der Waals surface area (Å²) in [5, 5.41) is 0. The molecule has 0 saturated heterocycles. The lowest BCUT2D eigenvalue weighted by atomic mass is 9.84. The Labute approximate surface area is 96.4 Å². The lowest BCUT2D eigenvalue weighted by Crippen LogP contribution is -2.30. The van der Waals surface area contributed by atoms with Gasteiger partial charge in [-0.25, -0.2) is 0 Å². The van der Waals surface area contributed by atoms with Crippen molar-refractivity contribution in [3.05, 3.63) is 29.8 Å². The number of carbonyl (C=O) groups excluding carboxylic acids is 1. The highest BCUT2D eigenvalue weighted by Gasteiger charge is 2.33. The number of para-hydroxylation sites is 1. The van der Waals surface area contributed by atoms with E-state index in [0.717, 1.165) is 11.3 Å². The number of hydrogen-bond acceptors (Lipinski definition) is 3. The molecule has 1 aromatic rings. The van der Waals surface area contributed by atoms with Gasteiger partial charge in [-0.05, 0) is 26.8 Å². The fourth-order valence-electron chi connectivity index (χ4n) is 1.63. The molecule has 3 nitrogen and oxygen atoms in total. The van der Waals surface area contributed by atoms with Gasteiger partial charge in [-0.1, -0.05) is 18.2 Å². The summed E-state index contributed by atoms with van der Waals surface area (Å²) < 4.78 is 10.3. The highest BCUT2D eigenvalue weighted by atomic mass is 16.5. The lowest BCUT2D eigenvalue weighted by Gasteiger charge is -2.24. The molecule has 0 spiro atoms. The molecule has 88 valence electrons. The van der Waals surface area contributed by atoms with E-state index >= 15 is 0 Å². The molecule has 0 saturated carbocycles. The van der Waals surface area contributed by atoms with E-state index in [4.69, 9.17) is 9.47 Å². The summed E-state index contributed by atoms with van der Waals surface area (Å²) in [5.41, 5.74) is 0.157. The highest BCUT2D eigenvalue weighted by Crippen LogP contribution is 2.32. The molecule has 1 rings (SSSR count). The van der Waals surface area contributed by atoms with E-state index in [-0.39, 0.29) is 5.97 Å². The summed E-state index contributed by atoms with van der Waals surface area (Å²) in [4.78, 5) is 11.7. The molecular weight excluding hydrogens is 204 g/mol. The average molecular weight is 222 g/mol. The van der Waals surface area contributed by atoms with Gasteiger partial charge in [0.25, 0.3) is 0 Å². The van der Waals surface area contributed by atoms with Gasteiger partial charge in [-0.2, -0.15) is 0 Å². The van der Waals surface area contributed by atoms with Crippen LogP contribution in [0.1, 0.15) is 26.3 Å². The van der Waals surface area contributed by atoms with Crippen molar-refractivity contribution in [2.24, 2.45) is 0 Å². The SMILES string of the molecule is CCOc1ccccc1C(C)(C)C(=O)OC. The Morgan fingerprint density at radius 3 is 2.50 bits per heavy atom. The second kappa shape index (κ2) is 5.01.